The fourth-order valence-electron chi connectivity index (χ4n) is 1.53. The van der Waals surface area contributed by atoms with Gasteiger partial charge >= 0.3 is 0 Å². The summed E-state index contributed by atoms with van der Waals surface area (Å²) in [6.07, 6.45) is 0. The molecule has 2 rings (SSSR count). The van der Waals surface area contributed by atoms with E-state index in [1.54, 1.807) is 13.0 Å². The zero-order valence-corrected chi connectivity index (χ0v) is 7.87. The van der Waals surface area contributed by atoms with Crippen LogP contribution < -0.4 is 10.6 Å². The van der Waals surface area contributed by atoms with E-state index in [2.05, 4.69) is 10.6 Å². The van der Waals surface area contributed by atoms with E-state index in [-0.39, 0.29) is 18.6 Å². The van der Waals surface area contributed by atoms with Crippen molar-refractivity contribution in [3.63, 3.8) is 0 Å². The van der Waals surface area contributed by atoms with Crippen LogP contribution in [0.2, 0.25) is 0 Å². The molecule has 4 heteroatoms. The van der Waals surface area contributed by atoms with Crippen molar-refractivity contribution in [3.05, 3.63) is 23.8 Å². The number of carbonyl (C=O) groups excluding carboxylic acids is 1. The van der Waals surface area contributed by atoms with Crippen LogP contribution in [0.3, 0.4) is 0 Å². The Morgan fingerprint density at radius 2 is 2.29 bits per heavy atom. The first-order valence-electron chi connectivity index (χ1n) is 4.52. The van der Waals surface area contributed by atoms with Gasteiger partial charge in [-0.15, -0.1) is 0 Å². The summed E-state index contributed by atoms with van der Waals surface area (Å²) in [5.74, 6) is -0.0709. The van der Waals surface area contributed by atoms with Crippen LogP contribution >= 0.6 is 0 Å². The van der Waals surface area contributed by atoms with Crippen molar-refractivity contribution in [1.82, 2.24) is 0 Å². The number of rotatable bonds is 1. The molecule has 0 aliphatic carbocycles. The third-order valence-corrected chi connectivity index (χ3v) is 2.33. The normalized spacial score (nSPS) is 19.6. The second-order valence-electron chi connectivity index (χ2n) is 3.35. The van der Waals surface area contributed by atoms with Crippen LogP contribution in [0.4, 0.5) is 11.4 Å². The van der Waals surface area contributed by atoms with Crippen LogP contribution in [0, 0.1) is 0 Å². The van der Waals surface area contributed by atoms with Crippen LogP contribution in [0.15, 0.2) is 18.2 Å². The molecule has 1 heterocycles. The van der Waals surface area contributed by atoms with Gasteiger partial charge in [0.15, 0.2) is 0 Å². The van der Waals surface area contributed by atoms with E-state index in [4.69, 9.17) is 5.11 Å². The maximum Gasteiger partial charge on any atom is 0.246 e. The van der Waals surface area contributed by atoms with E-state index >= 15 is 0 Å². The Balaban J connectivity index is 2.46. The molecule has 0 radical (unpaired) electrons. The van der Waals surface area contributed by atoms with Crippen LogP contribution in [-0.2, 0) is 11.4 Å². The molecule has 0 bridgehead atoms. The Kier molecular flexibility index (Phi) is 2.13. The van der Waals surface area contributed by atoms with Gasteiger partial charge in [0.25, 0.3) is 0 Å². The van der Waals surface area contributed by atoms with Gasteiger partial charge < -0.3 is 15.7 Å². The average Bonchev–Trinajstić information content (AvgIpc) is 2.19. The molecule has 0 fully saturated rings. The maximum atomic E-state index is 11.4. The standard InChI is InChI=1S/C10H12N2O2/c1-6-10(14)12-9-7(5-13)3-2-4-8(9)11-6/h2-4,6,11,13H,5H2,1H3,(H,12,14). The Morgan fingerprint density at radius 1 is 1.50 bits per heavy atom. The molecule has 14 heavy (non-hydrogen) atoms. The van der Waals surface area contributed by atoms with Crippen molar-refractivity contribution in [2.45, 2.75) is 19.6 Å². The average molecular weight is 192 g/mol. The monoisotopic (exact) mass is 192 g/mol. The number of nitrogens with one attached hydrogen (secondary N) is 2. The van der Waals surface area contributed by atoms with Gasteiger partial charge in [0.1, 0.15) is 6.04 Å². The quantitative estimate of drug-likeness (QED) is 0.620. The Morgan fingerprint density at radius 3 is 3.00 bits per heavy atom. The molecule has 1 unspecified atom stereocenters. The largest absolute Gasteiger partial charge is 0.392 e. The van der Waals surface area contributed by atoms with Crippen LogP contribution in [-0.4, -0.2) is 17.1 Å². The van der Waals surface area contributed by atoms with Crippen LogP contribution in [0.1, 0.15) is 12.5 Å². The second-order valence-corrected chi connectivity index (χ2v) is 3.35. The molecular weight excluding hydrogens is 180 g/mol. The molecule has 1 aromatic rings. The smallest absolute Gasteiger partial charge is 0.246 e. The lowest BCUT2D eigenvalue weighted by Gasteiger charge is -2.25. The van der Waals surface area contributed by atoms with Gasteiger partial charge in [-0.1, -0.05) is 12.1 Å². The third-order valence-electron chi connectivity index (χ3n) is 2.33. The summed E-state index contributed by atoms with van der Waals surface area (Å²) >= 11 is 0. The van der Waals surface area contributed by atoms with E-state index in [1.807, 2.05) is 12.1 Å². The Labute approximate surface area is 81.9 Å². The molecule has 0 spiro atoms. The molecule has 1 amide bonds. The van der Waals surface area contributed by atoms with E-state index in [1.165, 1.54) is 0 Å². The molecule has 0 saturated carbocycles. The molecule has 1 aromatic carbocycles. The first kappa shape index (κ1) is 9.02. The zero-order valence-electron chi connectivity index (χ0n) is 7.87. The highest BCUT2D eigenvalue weighted by Crippen LogP contribution is 2.30. The number of amides is 1. The van der Waals surface area contributed by atoms with Gasteiger partial charge in [-0.25, -0.2) is 0 Å². The summed E-state index contributed by atoms with van der Waals surface area (Å²) in [5.41, 5.74) is 2.29. The highest BCUT2D eigenvalue weighted by atomic mass is 16.3. The Hall–Kier alpha value is -1.55. The molecule has 74 valence electrons. The highest BCUT2D eigenvalue weighted by Gasteiger charge is 2.22. The van der Waals surface area contributed by atoms with Crippen molar-refractivity contribution in [1.29, 1.82) is 0 Å². The summed E-state index contributed by atoms with van der Waals surface area (Å²) in [7, 11) is 0. The number of para-hydroxylation sites is 1. The van der Waals surface area contributed by atoms with Crippen LogP contribution in [0.25, 0.3) is 0 Å². The van der Waals surface area contributed by atoms with E-state index < -0.39 is 0 Å². The molecule has 0 aromatic heterocycles. The lowest BCUT2D eigenvalue weighted by atomic mass is 10.1. The number of fused-ring (bicyclic) bond motifs is 1. The van der Waals surface area contributed by atoms with E-state index in [9.17, 15) is 4.79 Å². The van der Waals surface area contributed by atoms with Crippen molar-refractivity contribution >= 4 is 17.3 Å². The molecule has 0 saturated heterocycles. The van der Waals surface area contributed by atoms with Gasteiger partial charge in [0.2, 0.25) is 5.91 Å². The van der Waals surface area contributed by atoms with Crippen molar-refractivity contribution in [2.24, 2.45) is 0 Å². The SMILES string of the molecule is CC1Nc2cccc(CO)c2NC1=O. The minimum atomic E-state index is -0.226. The van der Waals surface area contributed by atoms with Crippen molar-refractivity contribution < 1.29 is 9.90 Å². The number of carbonyl (C=O) groups is 1. The maximum absolute atomic E-state index is 11.4. The summed E-state index contributed by atoms with van der Waals surface area (Å²) in [4.78, 5) is 11.4. The van der Waals surface area contributed by atoms with Gasteiger partial charge in [-0.05, 0) is 13.0 Å². The molecular formula is C10H12N2O2. The fraction of sp³-hybridized carbons (Fsp3) is 0.300. The summed E-state index contributed by atoms with van der Waals surface area (Å²) in [5, 5.41) is 14.9. The van der Waals surface area contributed by atoms with Crippen LogP contribution in [0.5, 0.6) is 0 Å². The van der Waals surface area contributed by atoms with E-state index in [0.717, 1.165) is 11.3 Å². The van der Waals surface area contributed by atoms with Crippen molar-refractivity contribution in [2.75, 3.05) is 10.6 Å². The Bertz CT molecular complexity index is 376. The van der Waals surface area contributed by atoms with Crippen molar-refractivity contribution in [3.8, 4) is 0 Å². The third kappa shape index (κ3) is 1.33. The minimum absolute atomic E-state index is 0.0699. The summed E-state index contributed by atoms with van der Waals surface area (Å²) in [6.45, 7) is 1.73. The molecule has 1 aliphatic heterocycles. The topological polar surface area (TPSA) is 61.4 Å². The first-order valence-corrected chi connectivity index (χ1v) is 4.52. The number of aliphatic hydroxyl groups is 1. The fourth-order valence-corrected chi connectivity index (χ4v) is 1.53. The number of anilines is 2. The van der Waals surface area contributed by atoms with E-state index in [0.29, 0.717) is 5.69 Å². The zero-order chi connectivity index (χ0) is 10.1. The molecule has 1 atom stereocenters. The van der Waals surface area contributed by atoms with Gasteiger partial charge in [-0.3, -0.25) is 4.79 Å². The van der Waals surface area contributed by atoms with Gasteiger partial charge in [0, 0.05) is 5.56 Å². The lowest BCUT2D eigenvalue weighted by molar-refractivity contribution is -0.116. The van der Waals surface area contributed by atoms with Gasteiger partial charge in [0.05, 0.1) is 18.0 Å². The predicted octanol–water partition coefficient (Wildman–Crippen LogP) is 0.931. The highest BCUT2D eigenvalue weighted by molar-refractivity contribution is 6.03. The second kappa shape index (κ2) is 3.31. The number of hydrogen-bond acceptors (Lipinski definition) is 3. The number of aliphatic hydroxyl groups excluding tert-OH is 1. The summed E-state index contributed by atoms with van der Waals surface area (Å²) < 4.78 is 0. The molecule has 3 N–H and O–H groups in total. The first-order chi connectivity index (χ1) is 6.72. The number of hydrogen-bond donors (Lipinski definition) is 3. The predicted molar refractivity (Wildman–Crippen MR) is 54.1 cm³/mol. The minimum Gasteiger partial charge on any atom is -0.392 e. The van der Waals surface area contributed by atoms with Gasteiger partial charge in [-0.2, -0.15) is 0 Å². The lowest BCUT2D eigenvalue weighted by Crippen LogP contribution is -2.36. The molecule has 4 nitrogen and oxygen atoms in total. The number of benzene rings is 1. The molecule has 1 aliphatic rings. The summed E-state index contributed by atoms with van der Waals surface area (Å²) in [6, 6.07) is 5.29.